The largest absolute Gasteiger partial charge is 0.460 e. The van der Waals surface area contributed by atoms with Crippen molar-refractivity contribution in [3.8, 4) is 0 Å². The van der Waals surface area contributed by atoms with E-state index in [9.17, 15) is 14.7 Å². The minimum Gasteiger partial charge on any atom is -0.460 e. The van der Waals surface area contributed by atoms with Crippen LogP contribution in [0.3, 0.4) is 0 Å². The zero-order chi connectivity index (χ0) is 16.8. The summed E-state index contributed by atoms with van der Waals surface area (Å²) in [6.45, 7) is 6.14. The van der Waals surface area contributed by atoms with Gasteiger partial charge in [-0.15, -0.1) is 0 Å². The molecule has 2 saturated carbocycles. The van der Waals surface area contributed by atoms with Gasteiger partial charge in [-0.05, 0) is 62.7 Å². The van der Waals surface area contributed by atoms with Crippen LogP contribution in [0.15, 0.2) is 0 Å². The number of carbonyl (C=O) groups excluding carboxylic acids is 2. The quantitative estimate of drug-likeness (QED) is 0.807. The normalized spacial score (nSPS) is 45.0. The molecule has 130 valence electrons. The van der Waals surface area contributed by atoms with E-state index in [0.29, 0.717) is 24.0 Å². The Kier molecular flexibility index (Phi) is 4.33. The molecule has 3 fully saturated rings. The molecule has 1 heterocycles. The molecule has 6 unspecified atom stereocenters. The third-order valence-corrected chi connectivity index (χ3v) is 6.91. The molecule has 0 radical (unpaired) electrons. The second kappa shape index (κ2) is 5.87. The Hall–Kier alpha value is -0.900. The molecule has 23 heavy (non-hydrogen) atoms. The molecule has 0 amide bonds. The molecule has 0 spiro atoms. The molecule has 3 rings (SSSR count). The number of ether oxygens (including phenoxy) is 1. The molecule has 4 heteroatoms. The monoisotopic (exact) mass is 322 g/mol. The first-order valence-corrected chi connectivity index (χ1v) is 9.20. The van der Waals surface area contributed by atoms with E-state index in [1.54, 1.807) is 0 Å². The fourth-order valence-electron chi connectivity index (χ4n) is 5.56. The summed E-state index contributed by atoms with van der Waals surface area (Å²) in [5.41, 5.74) is -1.14. The first kappa shape index (κ1) is 16.9. The highest BCUT2D eigenvalue weighted by Gasteiger charge is 2.52. The molecular weight excluding hydrogens is 292 g/mol. The van der Waals surface area contributed by atoms with Gasteiger partial charge in [0.1, 0.15) is 11.9 Å². The summed E-state index contributed by atoms with van der Waals surface area (Å²) in [7, 11) is 0. The predicted molar refractivity (Wildman–Crippen MR) is 86.7 cm³/mol. The maximum absolute atomic E-state index is 12.2. The van der Waals surface area contributed by atoms with Crippen molar-refractivity contribution in [3.63, 3.8) is 0 Å². The van der Waals surface area contributed by atoms with E-state index in [1.807, 2.05) is 0 Å². The van der Waals surface area contributed by atoms with Crippen LogP contribution in [0.2, 0.25) is 0 Å². The molecule has 3 aliphatic rings. The van der Waals surface area contributed by atoms with Gasteiger partial charge in [-0.3, -0.25) is 4.79 Å². The highest BCUT2D eigenvalue weighted by Crippen LogP contribution is 2.57. The lowest BCUT2D eigenvalue weighted by Crippen LogP contribution is -2.39. The van der Waals surface area contributed by atoms with Crippen LogP contribution in [0.4, 0.5) is 0 Å². The van der Waals surface area contributed by atoms with Gasteiger partial charge < -0.3 is 9.84 Å². The predicted octanol–water partition coefficient (Wildman–Crippen LogP) is 3.25. The maximum Gasteiger partial charge on any atom is 0.338 e. The second-order valence-electron chi connectivity index (χ2n) is 8.62. The Labute approximate surface area is 139 Å². The number of aliphatic hydroxyl groups is 1. The Morgan fingerprint density at radius 1 is 1.30 bits per heavy atom. The zero-order valence-corrected chi connectivity index (χ0v) is 14.6. The smallest absolute Gasteiger partial charge is 0.338 e. The highest BCUT2D eigenvalue weighted by molar-refractivity contribution is 5.83. The number of fused-ring (bicyclic) bond motifs is 1. The fraction of sp³-hybridized carbons (Fsp3) is 0.895. The Morgan fingerprint density at radius 2 is 2.04 bits per heavy atom. The van der Waals surface area contributed by atoms with E-state index < -0.39 is 11.6 Å². The van der Waals surface area contributed by atoms with Crippen molar-refractivity contribution in [1.82, 2.24) is 0 Å². The number of esters is 1. The molecule has 0 aromatic rings. The van der Waals surface area contributed by atoms with E-state index in [4.69, 9.17) is 4.74 Å². The van der Waals surface area contributed by atoms with Crippen LogP contribution >= 0.6 is 0 Å². The molecule has 1 saturated heterocycles. The summed E-state index contributed by atoms with van der Waals surface area (Å²) in [5.74, 6) is 1.39. The lowest BCUT2D eigenvalue weighted by molar-refractivity contribution is -0.153. The number of carbonyl (C=O) groups is 2. The summed E-state index contributed by atoms with van der Waals surface area (Å²) >= 11 is 0. The van der Waals surface area contributed by atoms with Gasteiger partial charge in [0.2, 0.25) is 0 Å². The lowest BCUT2D eigenvalue weighted by atomic mass is 9.62. The van der Waals surface area contributed by atoms with Gasteiger partial charge in [-0.25, -0.2) is 4.79 Å². The SMILES string of the molecule is CC(CCC1CC(C)(O)C(=O)O1)C1CCC2C(=O)CCCC21C. The lowest BCUT2D eigenvalue weighted by Gasteiger charge is -2.42. The van der Waals surface area contributed by atoms with E-state index in [1.165, 1.54) is 13.3 Å². The van der Waals surface area contributed by atoms with Crippen molar-refractivity contribution >= 4 is 11.8 Å². The average Bonchev–Trinajstić information content (AvgIpc) is 2.94. The molecule has 1 aliphatic heterocycles. The molecule has 0 bridgehead atoms. The number of hydrogen-bond donors (Lipinski definition) is 1. The van der Waals surface area contributed by atoms with Crippen LogP contribution in [0.1, 0.15) is 72.1 Å². The zero-order valence-electron chi connectivity index (χ0n) is 14.6. The van der Waals surface area contributed by atoms with Gasteiger partial charge in [0.25, 0.3) is 0 Å². The van der Waals surface area contributed by atoms with Gasteiger partial charge in [-0.1, -0.05) is 13.8 Å². The molecule has 4 nitrogen and oxygen atoms in total. The van der Waals surface area contributed by atoms with Crippen molar-refractivity contribution in [2.45, 2.75) is 83.8 Å². The van der Waals surface area contributed by atoms with Gasteiger partial charge >= 0.3 is 5.97 Å². The van der Waals surface area contributed by atoms with Crippen molar-refractivity contribution in [2.75, 3.05) is 0 Å². The van der Waals surface area contributed by atoms with E-state index >= 15 is 0 Å². The van der Waals surface area contributed by atoms with Crippen molar-refractivity contribution < 1.29 is 19.4 Å². The van der Waals surface area contributed by atoms with Crippen LogP contribution in [-0.2, 0) is 14.3 Å². The number of Topliss-reactive ketones (excluding diaryl/α,β-unsaturated/α-hetero) is 1. The average molecular weight is 322 g/mol. The minimum absolute atomic E-state index is 0.155. The highest BCUT2D eigenvalue weighted by atomic mass is 16.6. The summed E-state index contributed by atoms with van der Waals surface area (Å²) in [4.78, 5) is 23.8. The number of cyclic esters (lactones) is 1. The van der Waals surface area contributed by atoms with Gasteiger partial charge in [0, 0.05) is 18.8 Å². The third kappa shape index (κ3) is 2.95. The van der Waals surface area contributed by atoms with Gasteiger partial charge in [0.15, 0.2) is 5.60 Å². The number of ketones is 1. The molecule has 6 atom stereocenters. The molecule has 1 N–H and O–H groups in total. The topological polar surface area (TPSA) is 63.6 Å². The number of hydrogen-bond acceptors (Lipinski definition) is 4. The summed E-state index contributed by atoms with van der Waals surface area (Å²) in [5, 5.41) is 9.92. The fourth-order valence-corrected chi connectivity index (χ4v) is 5.56. The van der Waals surface area contributed by atoms with E-state index in [-0.39, 0.29) is 17.4 Å². The Balaban J connectivity index is 1.58. The maximum atomic E-state index is 12.2. The number of rotatable bonds is 4. The standard InChI is InChI=1S/C19H30O4/c1-12(6-7-13-11-19(3,22)17(21)23-13)14-8-9-15-16(20)5-4-10-18(14,15)2/h12-15,22H,4-11H2,1-3H3. The van der Waals surface area contributed by atoms with E-state index in [0.717, 1.165) is 38.5 Å². The van der Waals surface area contributed by atoms with Gasteiger partial charge in [0.05, 0.1) is 0 Å². The summed E-state index contributed by atoms with van der Waals surface area (Å²) < 4.78 is 5.30. The van der Waals surface area contributed by atoms with Crippen LogP contribution in [-0.4, -0.2) is 28.6 Å². The van der Waals surface area contributed by atoms with Gasteiger partial charge in [-0.2, -0.15) is 0 Å². The van der Waals surface area contributed by atoms with Crippen molar-refractivity contribution in [1.29, 1.82) is 0 Å². The summed E-state index contributed by atoms with van der Waals surface area (Å²) in [6, 6.07) is 0. The first-order valence-electron chi connectivity index (χ1n) is 9.20. The van der Waals surface area contributed by atoms with Crippen LogP contribution < -0.4 is 0 Å². The molecular formula is C19H30O4. The van der Waals surface area contributed by atoms with Crippen LogP contribution in [0, 0.1) is 23.2 Å². The second-order valence-corrected chi connectivity index (χ2v) is 8.62. The molecule has 0 aromatic heterocycles. The molecule has 0 aromatic carbocycles. The first-order chi connectivity index (χ1) is 10.7. The van der Waals surface area contributed by atoms with Crippen molar-refractivity contribution in [3.05, 3.63) is 0 Å². The Morgan fingerprint density at radius 3 is 2.70 bits per heavy atom. The van der Waals surface area contributed by atoms with Crippen molar-refractivity contribution in [2.24, 2.45) is 23.2 Å². The molecule has 2 aliphatic carbocycles. The van der Waals surface area contributed by atoms with Crippen LogP contribution in [0.5, 0.6) is 0 Å². The van der Waals surface area contributed by atoms with E-state index in [2.05, 4.69) is 13.8 Å². The minimum atomic E-state index is -1.31. The summed E-state index contributed by atoms with van der Waals surface area (Å²) in [6.07, 6.45) is 7.25. The Bertz CT molecular complexity index is 498. The third-order valence-electron chi connectivity index (χ3n) is 6.91. The van der Waals surface area contributed by atoms with Crippen LogP contribution in [0.25, 0.3) is 0 Å².